The number of hydrogen-bond donors (Lipinski definition) is 1. The molecular formula is C9H17ClN2O. The van der Waals surface area contributed by atoms with E-state index < -0.39 is 0 Å². The van der Waals surface area contributed by atoms with Gasteiger partial charge in [-0.3, -0.25) is 4.79 Å². The van der Waals surface area contributed by atoms with Gasteiger partial charge in [-0.15, -0.1) is 0 Å². The smallest absolute Gasteiger partial charge is 0.262 e. The summed E-state index contributed by atoms with van der Waals surface area (Å²) in [5.41, 5.74) is 0. The zero-order valence-corrected chi connectivity index (χ0v) is 9.02. The van der Waals surface area contributed by atoms with Crippen molar-refractivity contribution in [3.8, 4) is 0 Å². The lowest BCUT2D eigenvalue weighted by Crippen LogP contribution is -2.34. The first-order valence-corrected chi connectivity index (χ1v) is 4.84. The molecular weight excluding hydrogens is 188 g/mol. The fraction of sp³-hybridized carbons (Fsp3) is 0.667. The van der Waals surface area contributed by atoms with Crippen LogP contribution < -0.4 is 5.32 Å². The molecule has 0 bridgehead atoms. The maximum Gasteiger partial charge on any atom is 0.262 e. The number of halogens is 1. The first kappa shape index (κ1) is 12.5. The van der Waals surface area contributed by atoms with Gasteiger partial charge in [-0.1, -0.05) is 32.0 Å². The van der Waals surface area contributed by atoms with E-state index in [1.165, 1.54) is 0 Å². The summed E-state index contributed by atoms with van der Waals surface area (Å²) in [6, 6.07) is 0. The molecule has 76 valence electrons. The molecule has 1 amide bonds. The van der Waals surface area contributed by atoms with Crippen molar-refractivity contribution in [3.63, 3.8) is 0 Å². The molecule has 0 radical (unpaired) electrons. The van der Waals surface area contributed by atoms with Crippen molar-refractivity contribution in [3.05, 3.63) is 11.6 Å². The van der Waals surface area contributed by atoms with Gasteiger partial charge in [-0.05, 0) is 13.1 Å². The third kappa shape index (κ3) is 5.66. The van der Waals surface area contributed by atoms with E-state index >= 15 is 0 Å². The number of nitrogens with one attached hydrogen (secondary N) is 1. The fourth-order valence-electron chi connectivity index (χ4n) is 0.963. The maximum absolute atomic E-state index is 10.9. The van der Waals surface area contributed by atoms with Crippen molar-refractivity contribution in [1.82, 2.24) is 10.2 Å². The van der Waals surface area contributed by atoms with Crippen LogP contribution in [0.5, 0.6) is 0 Å². The van der Waals surface area contributed by atoms with Crippen LogP contribution in [0.25, 0.3) is 0 Å². The summed E-state index contributed by atoms with van der Waals surface area (Å²) in [5, 5.41) is 2.71. The Bertz CT molecular complexity index is 178. The Balaban J connectivity index is 3.54. The van der Waals surface area contributed by atoms with Crippen LogP contribution in [-0.2, 0) is 4.79 Å². The van der Waals surface area contributed by atoms with E-state index in [-0.39, 0.29) is 10.9 Å². The van der Waals surface area contributed by atoms with Gasteiger partial charge in [-0.25, -0.2) is 0 Å². The lowest BCUT2D eigenvalue weighted by Gasteiger charge is -2.17. The van der Waals surface area contributed by atoms with E-state index in [1.807, 2.05) is 0 Å². The van der Waals surface area contributed by atoms with Gasteiger partial charge in [-0.2, -0.15) is 0 Å². The number of likely N-dealkylation sites (N-methyl/N-ethyl adjacent to an activating group) is 1. The second-order valence-corrected chi connectivity index (χ2v) is 3.14. The average molecular weight is 205 g/mol. The molecule has 0 aliphatic heterocycles. The molecule has 0 saturated heterocycles. The van der Waals surface area contributed by atoms with Crippen molar-refractivity contribution in [1.29, 1.82) is 0 Å². The van der Waals surface area contributed by atoms with Crippen LogP contribution in [0.4, 0.5) is 0 Å². The van der Waals surface area contributed by atoms with Crippen molar-refractivity contribution in [2.75, 3.05) is 26.2 Å². The Morgan fingerprint density at radius 1 is 1.46 bits per heavy atom. The van der Waals surface area contributed by atoms with Crippen LogP contribution in [0.15, 0.2) is 11.6 Å². The van der Waals surface area contributed by atoms with E-state index in [2.05, 4.69) is 30.6 Å². The minimum Gasteiger partial charge on any atom is -0.350 e. The van der Waals surface area contributed by atoms with Crippen LogP contribution >= 0.6 is 11.6 Å². The van der Waals surface area contributed by atoms with Crippen molar-refractivity contribution in [2.45, 2.75) is 13.8 Å². The van der Waals surface area contributed by atoms with Gasteiger partial charge in [0.25, 0.3) is 5.91 Å². The van der Waals surface area contributed by atoms with E-state index in [0.717, 1.165) is 19.6 Å². The molecule has 0 aromatic heterocycles. The molecule has 13 heavy (non-hydrogen) atoms. The van der Waals surface area contributed by atoms with Crippen molar-refractivity contribution < 1.29 is 4.79 Å². The monoisotopic (exact) mass is 204 g/mol. The van der Waals surface area contributed by atoms with Crippen LogP contribution in [0.3, 0.4) is 0 Å². The largest absolute Gasteiger partial charge is 0.350 e. The summed E-state index contributed by atoms with van der Waals surface area (Å²) >= 11 is 5.39. The molecule has 0 aromatic rings. The summed E-state index contributed by atoms with van der Waals surface area (Å²) in [6.07, 6.45) is 0. The molecule has 0 unspecified atom stereocenters. The highest BCUT2D eigenvalue weighted by Gasteiger charge is 2.03. The molecule has 1 N–H and O–H groups in total. The molecule has 0 aliphatic rings. The lowest BCUT2D eigenvalue weighted by molar-refractivity contribution is -0.116. The number of amides is 1. The summed E-state index contributed by atoms with van der Waals surface area (Å²) < 4.78 is 0. The predicted molar refractivity (Wildman–Crippen MR) is 55.8 cm³/mol. The lowest BCUT2D eigenvalue weighted by atomic mass is 10.4. The molecule has 0 fully saturated rings. The van der Waals surface area contributed by atoms with Crippen molar-refractivity contribution >= 4 is 17.5 Å². The van der Waals surface area contributed by atoms with Crippen molar-refractivity contribution in [2.24, 2.45) is 0 Å². The average Bonchev–Trinajstić information content (AvgIpc) is 2.12. The number of carbonyl (C=O) groups is 1. The molecule has 0 saturated carbocycles. The minimum absolute atomic E-state index is 0.0412. The van der Waals surface area contributed by atoms with Gasteiger partial charge < -0.3 is 10.2 Å². The fourth-order valence-corrected chi connectivity index (χ4v) is 1.03. The Morgan fingerprint density at radius 2 is 2.00 bits per heavy atom. The van der Waals surface area contributed by atoms with E-state index in [1.54, 1.807) is 0 Å². The molecule has 0 aromatic carbocycles. The first-order valence-electron chi connectivity index (χ1n) is 4.46. The number of carbonyl (C=O) groups excluding carboxylic acids is 1. The molecule has 0 aliphatic carbocycles. The number of hydrogen-bond acceptors (Lipinski definition) is 2. The van der Waals surface area contributed by atoms with Gasteiger partial charge >= 0.3 is 0 Å². The summed E-state index contributed by atoms with van der Waals surface area (Å²) in [7, 11) is 0. The standard InChI is InChI=1S/C9H17ClN2O/c1-4-12(5-2)7-6-11-9(13)8(3)10/h3-7H2,1-2H3,(H,11,13). The first-order chi connectivity index (χ1) is 6.11. The van der Waals surface area contributed by atoms with E-state index in [0.29, 0.717) is 6.54 Å². The third-order valence-corrected chi connectivity index (χ3v) is 2.03. The number of rotatable bonds is 6. The SMILES string of the molecule is C=C(Cl)C(=O)NCCN(CC)CC. The summed E-state index contributed by atoms with van der Waals surface area (Å²) in [4.78, 5) is 13.2. The number of nitrogens with zero attached hydrogens (tertiary/aromatic N) is 1. The Kier molecular flexibility index (Phi) is 6.63. The van der Waals surface area contributed by atoms with Crippen LogP contribution in [0.2, 0.25) is 0 Å². The zero-order chi connectivity index (χ0) is 10.3. The highest BCUT2D eigenvalue weighted by molar-refractivity contribution is 6.41. The third-order valence-electron chi connectivity index (χ3n) is 1.85. The van der Waals surface area contributed by atoms with Gasteiger partial charge in [0.05, 0.1) is 5.03 Å². The minimum atomic E-state index is -0.283. The van der Waals surface area contributed by atoms with Gasteiger partial charge in [0.2, 0.25) is 0 Å². The summed E-state index contributed by atoms with van der Waals surface area (Å²) in [5.74, 6) is -0.283. The van der Waals surface area contributed by atoms with Gasteiger partial charge in [0, 0.05) is 13.1 Å². The molecule has 0 atom stereocenters. The molecule has 0 rings (SSSR count). The highest BCUT2D eigenvalue weighted by Crippen LogP contribution is 1.94. The molecule has 0 heterocycles. The predicted octanol–water partition coefficient (Wildman–Crippen LogP) is 1.20. The van der Waals surface area contributed by atoms with Gasteiger partial charge in [0.15, 0.2) is 0 Å². The van der Waals surface area contributed by atoms with Crippen LogP contribution in [0, 0.1) is 0 Å². The highest BCUT2D eigenvalue weighted by atomic mass is 35.5. The van der Waals surface area contributed by atoms with E-state index in [4.69, 9.17) is 11.6 Å². The quantitative estimate of drug-likeness (QED) is 0.660. The van der Waals surface area contributed by atoms with Crippen LogP contribution in [0.1, 0.15) is 13.8 Å². The second kappa shape index (κ2) is 6.92. The zero-order valence-electron chi connectivity index (χ0n) is 8.27. The second-order valence-electron chi connectivity index (χ2n) is 2.69. The Labute approximate surface area is 84.7 Å². The van der Waals surface area contributed by atoms with Crippen LogP contribution in [-0.4, -0.2) is 37.0 Å². The molecule has 3 nitrogen and oxygen atoms in total. The molecule has 4 heteroatoms. The van der Waals surface area contributed by atoms with Gasteiger partial charge in [0.1, 0.15) is 0 Å². The normalized spacial score (nSPS) is 10.2. The Morgan fingerprint density at radius 3 is 2.38 bits per heavy atom. The topological polar surface area (TPSA) is 32.3 Å². The summed E-state index contributed by atoms with van der Waals surface area (Å²) in [6.45, 7) is 11.0. The Hall–Kier alpha value is -0.540. The maximum atomic E-state index is 10.9. The molecule has 0 spiro atoms. The van der Waals surface area contributed by atoms with E-state index in [9.17, 15) is 4.79 Å².